The number of aromatic nitrogens is 3. The molecule has 0 spiro atoms. The molecule has 0 bridgehead atoms. The van der Waals surface area contributed by atoms with E-state index in [1.165, 1.54) is 18.2 Å². The van der Waals surface area contributed by atoms with Gasteiger partial charge in [0.05, 0.1) is 17.4 Å². The number of hydrogen-bond acceptors (Lipinski definition) is 5. The van der Waals surface area contributed by atoms with Crippen LogP contribution in [0.1, 0.15) is 36.7 Å². The molecule has 1 aliphatic heterocycles. The van der Waals surface area contributed by atoms with Crippen LogP contribution in [0.2, 0.25) is 0 Å². The van der Waals surface area contributed by atoms with Crippen molar-refractivity contribution in [2.75, 3.05) is 26.2 Å². The van der Waals surface area contributed by atoms with Gasteiger partial charge in [0.1, 0.15) is 10.7 Å². The molecule has 1 atom stereocenters. The Bertz CT molecular complexity index is 1630. The van der Waals surface area contributed by atoms with Crippen molar-refractivity contribution in [1.29, 1.82) is 0 Å². The zero-order valence-electron chi connectivity index (χ0n) is 22.2. The number of piperazine rings is 1. The summed E-state index contributed by atoms with van der Waals surface area (Å²) in [6.45, 7) is 7.13. The molecule has 1 aliphatic rings. The van der Waals surface area contributed by atoms with Crippen LogP contribution in [0, 0.1) is 18.7 Å². The van der Waals surface area contributed by atoms with Gasteiger partial charge in [-0.2, -0.15) is 22.6 Å². The van der Waals surface area contributed by atoms with E-state index in [9.17, 15) is 26.0 Å². The molecular weight excluding hydrogens is 546 g/mol. The molecule has 2 aromatic heterocycles. The van der Waals surface area contributed by atoms with Crippen LogP contribution >= 0.6 is 0 Å². The summed E-state index contributed by atoms with van der Waals surface area (Å²) in [7, 11) is -4.48. The van der Waals surface area contributed by atoms with Gasteiger partial charge < -0.3 is 0 Å². The first-order chi connectivity index (χ1) is 18.9. The van der Waals surface area contributed by atoms with E-state index in [0.29, 0.717) is 18.8 Å². The van der Waals surface area contributed by atoms with Crippen molar-refractivity contribution in [3.05, 3.63) is 83.6 Å². The van der Waals surface area contributed by atoms with E-state index < -0.39 is 32.8 Å². The minimum Gasteiger partial charge on any atom is -0.293 e. The van der Waals surface area contributed by atoms with Gasteiger partial charge in [-0.25, -0.2) is 17.5 Å². The number of rotatable bonds is 6. The lowest BCUT2D eigenvalue weighted by molar-refractivity contribution is -0.143. The fourth-order valence-electron chi connectivity index (χ4n) is 5.29. The summed E-state index contributed by atoms with van der Waals surface area (Å²) in [4.78, 5) is 4.69. The molecule has 12 heteroatoms. The number of benzene rings is 2. The first-order valence-electron chi connectivity index (χ1n) is 12.9. The molecule has 4 aromatic rings. The average molecular weight is 576 g/mol. The van der Waals surface area contributed by atoms with Crippen LogP contribution in [-0.4, -0.2) is 58.6 Å². The number of nitrogens with zero attached hydrogens (tertiary/aromatic N) is 5. The average Bonchev–Trinajstić information content (AvgIpc) is 3.30. The van der Waals surface area contributed by atoms with E-state index in [2.05, 4.69) is 28.8 Å². The fourth-order valence-corrected chi connectivity index (χ4v) is 6.89. The second kappa shape index (κ2) is 10.6. The summed E-state index contributed by atoms with van der Waals surface area (Å²) in [5, 5.41) is 5.28. The minimum absolute atomic E-state index is 0.0142. The number of aryl methyl sites for hydroxylation is 1. The third-order valence-corrected chi connectivity index (χ3v) is 8.99. The highest BCUT2D eigenvalue weighted by Gasteiger charge is 2.43. The van der Waals surface area contributed by atoms with E-state index in [0.717, 1.165) is 38.6 Å². The molecule has 0 N–H and O–H groups in total. The summed E-state index contributed by atoms with van der Waals surface area (Å²) >= 11 is 0. The quantitative estimate of drug-likeness (QED) is 0.281. The van der Waals surface area contributed by atoms with E-state index in [1.54, 1.807) is 23.0 Å². The molecule has 40 heavy (non-hydrogen) atoms. The van der Waals surface area contributed by atoms with E-state index >= 15 is 0 Å². The van der Waals surface area contributed by atoms with Crippen molar-refractivity contribution in [3.8, 4) is 5.69 Å². The van der Waals surface area contributed by atoms with Gasteiger partial charge in [0, 0.05) is 43.8 Å². The Labute approximate surface area is 230 Å². The Morgan fingerprint density at radius 2 is 1.80 bits per heavy atom. The van der Waals surface area contributed by atoms with Gasteiger partial charge in [0.15, 0.2) is 5.69 Å². The molecule has 1 fully saturated rings. The Morgan fingerprint density at radius 1 is 1.07 bits per heavy atom. The van der Waals surface area contributed by atoms with Crippen LogP contribution in [0.15, 0.2) is 65.8 Å². The van der Waals surface area contributed by atoms with Gasteiger partial charge in [0.25, 0.3) is 0 Å². The van der Waals surface area contributed by atoms with Gasteiger partial charge in [-0.15, -0.1) is 0 Å². The lowest BCUT2D eigenvalue weighted by Crippen LogP contribution is -2.51. The van der Waals surface area contributed by atoms with E-state index in [1.807, 2.05) is 19.1 Å². The van der Waals surface area contributed by atoms with Crippen molar-refractivity contribution in [2.24, 2.45) is 5.92 Å². The van der Waals surface area contributed by atoms with E-state index in [-0.39, 0.29) is 24.8 Å². The molecule has 5 rings (SSSR count). The second-order valence-corrected chi connectivity index (χ2v) is 12.3. The predicted octanol–water partition coefficient (Wildman–Crippen LogP) is 5.59. The lowest BCUT2D eigenvalue weighted by atomic mass is 9.96. The maximum Gasteiger partial charge on any atom is 0.434 e. The number of hydrogen-bond donors (Lipinski definition) is 0. The maximum atomic E-state index is 13.7. The molecule has 7 nitrogen and oxygen atoms in total. The van der Waals surface area contributed by atoms with Crippen LogP contribution in [-0.2, 0) is 16.2 Å². The van der Waals surface area contributed by atoms with Crippen LogP contribution in [0.25, 0.3) is 16.6 Å². The summed E-state index contributed by atoms with van der Waals surface area (Å²) in [5.41, 5.74) is 1.83. The Kier molecular flexibility index (Phi) is 7.45. The maximum absolute atomic E-state index is 13.7. The topological polar surface area (TPSA) is 71.3 Å². The van der Waals surface area contributed by atoms with Gasteiger partial charge in [-0.05, 0) is 72.5 Å². The lowest BCUT2D eigenvalue weighted by Gasteiger charge is -2.42. The normalized spacial score (nSPS) is 17.6. The number of alkyl halides is 3. The summed E-state index contributed by atoms with van der Waals surface area (Å²) in [6.07, 6.45) is -2.28. The molecule has 0 amide bonds. The van der Waals surface area contributed by atoms with Gasteiger partial charge in [0.2, 0.25) is 10.0 Å². The highest BCUT2D eigenvalue weighted by Crippen LogP contribution is 2.37. The Balaban J connectivity index is 1.55. The monoisotopic (exact) mass is 575 g/mol. The zero-order chi connectivity index (χ0) is 28.8. The first kappa shape index (κ1) is 28.2. The summed E-state index contributed by atoms with van der Waals surface area (Å²) < 4.78 is 84.4. The predicted molar refractivity (Wildman–Crippen MR) is 143 cm³/mol. The molecule has 1 saturated heterocycles. The number of fused-ring (bicyclic) bond motifs is 1. The van der Waals surface area contributed by atoms with Crippen LogP contribution in [0.5, 0.6) is 0 Å². The highest BCUT2D eigenvalue weighted by atomic mass is 32.2. The van der Waals surface area contributed by atoms with Gasteiger partial charge in [-0.1, -0.05) is 13.8 Å². The van der Waals surface area contributed by atoms with Crippen molar-refractivity contribution in [3.63, 3.8) is 0 Å². The molecule has 0 radical (unpaired) electrons. The molecule has 0 aliphatic carbocycles. The number of pyridine rings is 1. The minimum atomic E-state index is -4.91. The standard InChI is InChI=1S/C28H29F4N5O2S/c1-18(2)16-35-11-12-36(40(38,39)26-5-4-10-33-27(26)28(30,31)32)17-25(35)23-14-20-15-34-37(24(20)13-19(23)3)22-8-6-21(29)7-9-22/h4-10,13-15,18,25H,11-12,16-17H2,1-3H3/t25-/m1/s1. The number of halogens is 4. The van der Waals surface area contributed by atoms with Crippen molar-refractivity contribution in [2.45, 2.75) is 37.9 Å². The second-order valence-electron chi connectivity index (χ2n) is 10.4. The summed E-state index contributed by atoms with van der Waals surface area (Å²) in [5.74, 6) is -0.0690. The van der Waals surface area contributed by atoms with Crippen molar-refractivity contribution >= 4 is 20.9 Å². The van der Waals surface area contributed by atoms with Crippen molar-refractivity contribution < 1.29 is 26.0 Å². The smallest absolute Gasteiger partial charge is 0.293 e. The molecular formula is C28H29F4N5O2S. The molecule has 3 heterocycles. The van der Waals surface area contributed by atoms with Gasteiger partial charge in [-0.3, -0.25) is 9.88 Å². The Morgan fingerprint density at radius 3 is 2.48 bits per heavy atom. The number of sulfonamides is 1. The first-order valence-corrected chi connectivity index (χ1v) is 14.3. The largest absolute Gasteiger partial charge is 0.434 e. The molecule has 212 valence electrons. The molecule has 0 unspecified atom stereocenters. The molecule has 0 saturated carbocycles. The fraction of sp³-hybridized carbons (Fsp3) is 0.357. The van der Waals surface area contributed by atoms with Crippen LogP contribution in [0.3, 0.4) is 0 Å². The molecule has 2 aromatic carbocycles. The van der Waals surface area contributed by atoms with E-state index in [4.69, 9.17) is 0 Å². The van der Waals surface area contributed by atoms with Crippen LogP contribution in [0.4, 0.5) is 17.6 Å². The Hall–Kier alpha value is -3.35. The van der Waals surface area contributed by atoms with Crippen LogP contribution < -0.4 is 0 Å². The third-order valence-electron chi connectivity index (χ3n) is 7.10. The highest BCUT2D eigenvalue weighted by molar-refractivity contribution is 7.89. The SMILES string of the molecule is Cc1cc2c(cnn2-c2ccc(F)cc2)cc1[C@H]1CN(S(=O)(=O)c2cccnc2C(F)(F)F)CCN1CC(C)C. The van der Waals surface area contributed by atoms with Crippen molar-refractivity contribution in [1.82, 2.24) is 24.0 Å². The van der Waals surface area contributed by atoms with Gasteiger partial charge >= 0.3 is 6.18 Å². The zero-order valence-corrected chi connectivity index (χ0v) is 23.0. The third kappa shape index (κ3) is 5.35. The summed E-state index contributed by atoms with van der Waals surface area (Å²) in [6, 6.07) is 11.7.